The Morgan fingerprint density at radius 1 is 0.938 bits per heavy atom. The minimum atomic E-state index is -0.324. The number of furan rings is 1. The summed E-state index contributed by atoms with van der Waals surface area (Å²) in [6, 6.07) is 19.7. The molecule has 6 nitrogen and oxygen atoms in total. The van der Waals surface area contributed by atoms with E-state index in [1.807, 2.05) is 37.3 Å². The van der Waals surface area contributed by atoms with Crippen molar-refractivity contribution in [2.75, 3.05) is 10.6 Å². The first-order valence-electron chi connectivity index (χ1n) is 9.92. The van der Waals surface area contributed by atoms with Crippen molar-refractivity contribution in [1.82, 2.24) is 4.98 Å². The van der Waals surface area contributed by atoms with Gasteiger partial charge in [0, 0.05) is 29.9 Å². The summed E-state index contributed by atoms with van der Waals surface area (Å²) in [5, 5.41) is 6.03. The number of carbonyl (C=O) groups is 2. The maximum Gasteiger partial charge on any atom is 0.259 e. The molecule has 0 aliphatic rings. The van der Waals surface area contributed by atoms with Gasteiger partial charge in [0.05, 0.1) is 10.6 Å². The topological polar surface area (TPSA) is 84.2 Å². The number of para-hydroxylation sites is 1. The van der Waals surface area contributed by atoms with E-state index in [9.17, 15) is 9.59 Å². The minimum Gasteiger partial charge on any atom is -0.455 e. The molecule has 32 heavy (non-hydrogen) atoms. The molecule has 2 N–H and O–H groups in total. The zero-order chi connectivity index (χ0) is 22.7. The molecule has 0 saturated heterocycles. The standard InChI is InChI=1S/C25H20ClN3O3/c1-15-14-27-23(28-16(2)30)13-19(15)22-12-20(25(31)29-17-8-4-3-5-9-17)24(32-22)18-10-6-7-11-21(18)26/h3-14H,1-2H3,(H,29,31)(H,27,28,30). The fourth-order valence-corrected chi connectivity index (χ4v) is 3.52. The number of aryl methyl sites for hydroxylation is 1. The molecule has 7 heteroatoms. The van der Waals surface area contributed by atoms with Crippen LogP contribution in [0.1, 0.15) is 22.8 Å². The number of nitrogens with zero attached hydrogens (tertiary/aromatic N) is 1. The van der Waals surface area contributed by atoms with Crippen LogP contribution in [-0.4, -0.2) is 16.8 Å². The molecule has 2 aromatic heterocycles. The molecule has 0 aliphatic heterocycles. The third-order valence-electron chi connectivity index (χ3n) is 4.80. The Hall–Kier alpha value is -3.90. The Morgan fingerprint density at radius 2 is 1.66 bits per heavy atom. The number of carbonyl (C=O) groups excluding carboxylic acids is 2. The highest BCUT2D eigenvalue weighted by Crippen LogP contribution is 2.37. The molecule has 0 aliphatic carbocycles. The molecule has 160 valence electrons. The number of hydrogen-bond donors (Lipinski definition) is 2. The van der Waals surface area contributed by atoms with Gasteiger partial charge in [-0.2, -0.15) is 0 Å². The maximum absolute atomic E-state index is 13.2. The Morgan fingerprint density at radius 3 is 2.38 bits per heavy atom. The zero-order valence-corrected chi connectivity index (χ0v) is 18.2. The number of nitrogens with one attached hydrogen (secondary N) is 2. The summed E-state index contributed by atoms with van der Waals surface area (Å²) in [6.45, 7) is 3.29. The fraction of sp³-hybridized carbons (Fsp3) is 0.0800. The first-order valence-corrected chi connectivity index (χ1v) is 10.3. The van der Waals surface area contributed by atoms with Crippen LogP contribution in [0, 0.1) is 6.92 Å². The Kier molecular flexibility index (Phi) is 6.05. The monoisotopic (exact) mass is 445 g/mol. The summed E-state index contributed by atoms with van der Waals surface area (Å²) in [5.41, 5.74) is 3.14. The van der Waals surface area contributed by atoms with Crippen LogP contribution >= 0.6 is 11.6 Å². The minimum absolute atomic E-state index is 0.230. The molecule has 0 spiro atoms. The number of hydrogen-bond acceptors (Lipinski definition) is 4. The summed E-state index contributed by atoms with van der Waals surface area (Å²) in [5.74, 6) is 0.659. The average Bonchev–Trinajstić information content (AvgIpc) is 3.21. The molecule has 0 bridgehead atoms. The third kappa shape index (κ3) is 4.55. The molecule has 2 aromatic carbocycles. The van der Waals surface area contributed by atoms with E-state index in [4.69, 9.17) is 16.0 Å². The quantitative estimate of drug-likeness (QED) is 0.384. The van der Waals surface area contributed by atoms with Gasteiger partial charge < -0.3 is 15.1 Å². The second-order valence-corrected chi connectivity index (χ2v) is 7.63. The van der Waals surface area contributed by atoms with E-state index in [1.54, 1.807) is 42.6 Å². The predicted octanol–water partition coefficient (Wildman–Crippen LogP) is 6.18. The highest BCUT2D eigenvalue weighted by molar-refractivity contribution is 6.33. The maximum atomic E-state index is 13.2. The molecule has 0 saturated carbocycles. The van der Waals surface area contributed by atoms with Crippen molar-refractivity contribution < 1.29 is 14.0 Å². The van der Waals surface area contributed by atoms with Gasteiger partial charge >= 0.3 is 0 Å². The van der Waals surface area contributed by atoms with Crippen LogP contribution in [0.2, 0.25) is 5.02 Å². The van der Waals surface area contributed by atoms with Crippen LogP contribution in [0.3, 0.4) is 0 Å². The number of benzene rings is 2. The second-order valence-electron chi connectivity index (χ2n) is 7.22. The van der Waals surface area contributed by atoms with Crippen LogP contribution in [0.15, 0.2) is 77.3 Å². The van der Waals surface area contributed by atoms with Gasteiger partial charge in [-0.25, -0.2) is 4.98 Å². The average molecular weight is 446 g/mol. The van der Waals surface area contributed by atoms with E-state index in [0.29, 0.717) is 44.7 Å². The lowest BCUT2D eigenvalue weighted by molar-refractivity contribution is -0.114. The van der Waals surface area contributed by atoms with E-state index in [0.717, 1.165) is 5.56 Å². The van der Waals surface area contributed by atoms with E-state index < -0.39 is 0 Å². The molecule has 0 radical (unpaired) electrons. The summed E-state index contributed by atoms with van der Waals surface area (Å²) >= 11 is 6.42. The van der Waals surface area contributed by atoms with Crippen LogP contribution in [-0.2, 0) is 4.79 Å². The number of amides is 2. The lowest BCUT2D eigenvalue weighted by Gasteiger charge is -2.07. The predicted molar refractivity (Wildman–Crippen MR) is 126 cm³/mol. The Bertz CT molecular complexity index is 1300. The van der Waals surface area contributed by atoms with Crippen LogP contribution in [0.5, 0.6) is 0 Å². The number of rotatable bonds is 5. The molecular weight excluding hydrogens is 426 g/mol. The summed E-state index contributed by atoms with van der Waals surface area (Å²) in [4.78, 5) is 28.8. The van der Waals surface area contributed by atoms with Crippen molar-refractivity contribution in [3.63, 3.8) is 0 Å². The molecule has 0 atom stereocenters. The molecule has 4 aromatic rings. The van der Waals surface area contributed by atoms with E-state index in [-0.39, 0.29) is 11.8 Å². The summed E-state index contributed by atoms with van der Waals surface area (Å²) in [7, 11) is 0. The van der Waals surface area contributed by atoms with Gasteiger partial charge in [-0.15, -0.1) is 0 Å². The SMILES string of the molecule is CC(=O)Nc1cc(-c2cc(C(=O)Nc3ccccc3)c(-c3ccccc3Cl)o2)c(C)cn1. The number of pyridine rings is 1. The molecule has 2 amide bonds. The van der Waals surface area contributed by atoms with Gasteiger partial charge in [-0.3, -0.25) is 9.59 Å². The molecule has 0 fully saturated rings. The summed E-state index contributed by atoms with van der Waals surface area (Å²) < 4.78 is 6.18. The van der Waals surface area contributed by atoms with E-state index in [1.165, 1.54) is 6.92 Å². The van der Waals surface area contributed by atoms with E-state index >= 15 is 0 Å². The largest absolute Gasteiger partial charge is 0.455 e. The van der Waals surface area contributed by atoms with Crippen LogP contribution in [0.4, 0.5) is 11.5 Å². The highest BCUT2D eigenvalue weighted by atomic mass is 35.5. The van der Waals surface area contributed by atoms with Crippen molar-refractivity contribution >= 4 is 34.9 Å². The third-order valence-corrected chi connectivity index (χ3v) is 5.13. The second kappa shape index (κ2) is 9.08. The van der Waals surface area contributed by atoms with Crippen LogP contribution in [0.25, 0.3) is 22.6 Å². The molecule has 0 unspecified atom stereocenters. The Balaban J connectivity index is 1.82. The molecular formula is C25H20ClN3O3. The molecule has 4 rings (SSSR count). The first kappa shape index (κ1) is 21.3. The van der Waals surface area contributed by atoms with Gasteiger partial charge in [-0.05, 0) is 48.9 Å². The summed E-state index contributed by atoms with van der Waals surface area (Å²) in [6.07, 6.45) is 1.64. The lowest BCUT2D eigenvalue weighted by Crippen LogP contribution is -2.11. The first-order chi connectivity index (χ1) is 15.4. The fourth-order valence-electron chi connectivity index (χ4n) is 3.30. The smallest absolute Gasteiger partial charge is 0.259 e. The normalized spacial score (nSPS) is 10.6. The van der Waals surface area contributed by atoms with Crippen LogP contribution < -0.4 is 10.6 Å². The van der Waals surface area contributed by atoms with Gasteiger partial charge in [0.1, 0.15) is 17.3 Å². The van der Waals surface area contributed by atoms with E-state index in [2.05, 4.69) is 15.6 Å². The van der Waals surface area contributed by atoms with Gasteiger partial charge in [0.2, 0.25) is 5.91 Å². The zero-order valence-electron chi connectivity index (χ0n) is 17.5. The highest BCUT2D eigenvalue weighted by Gasteiger charge is 2.23. The number of aromatic nitrogens is 1. The van der Waals surface area contributed by atoms with Crippen molar-refractivity contribution in [2.45, 2.75) is 13.8 Å². The number of anilines is 2. The van der Waals surface area contributed by atoms with Gasteiger partial charge in [0.25, 0.3) is 5.91 Å². The van der Waals surface area contributed by atoms with Crippen molar-refractivity contribution in [2.24, 2.45) is 0 Å². The Labute approximate surface area is 190 Å². The number of halogens is 1. The van der Waals surface area contributed by atoms with Crippen molar-refractivity contribution in [3.05, 3.63) is 89.1 Å². The van der Waals surface area contributed by atoms with Crippen molar-refractivity contribution in [1.29, 1.82) is 0 Å². The van der Waals surface area contributed by atoms with Crippen molar-refractivity contribution in [3.8, 4) is 22.6 Å². The van der Waals surface area contributed by atoms with Gasteiger partial charge in [-0.1, -0.05) is 41.9 Å². The molecule has 2 heterocycles. The lowest BCUT2D eigenvalue weighted by atomic mass is 10.1. The van der Waals surface area contributed by atoms with Gasteiger partial charge in [0.15, 0.2) is 0 Å².